The number of aromatic hydroxyl groups is 3. The Labute approximate surface area is 232 Å². The second-order valence-electron chi connectivity index (χ2n) is 9.78. The van der Waals surface area contributed by atoms with Crippen LogP contribution in [-0.4, -0.2) is 51.6 Å². The molecule has 3 unspecified atom stereocenters. The minimum Gasteiger partial charge on any atom is -0.504 e. The van der Waals surface area contributed by atoms with Gasteiger partial charge in [0.05, 0.1) is 26.6 Å². The van der Waals surface area contributed by atoms with Crippen LogP contribution in [0, 0.1) is 5.92 Å². The maximum absolute atomic E-state index is 13.6. The summed E-state index contributed by atoms with van der Waals surface area (Å²) in [5, 5.41) is 51.7. The smallest absolute Gasteiger partial charge is 0.200 e. The Balaban J connectivity index is 1.56. The van der Waals surface area contributed by atoms with Crippen LogP contribution in [0.25, 0.3) is 0 Å². The Bertz CT molecular complexity index is 1380. The lowest BCUT2D eigenvalue weighted by molar-refractivity contribution is -0.126. The van der Waals surface area contributed by atoms with Crippen molar-refractivity contribution in [2.45, 2.75) is 44.3 Å². The summed E-state index contributed by atoms with van der Waals surface area (Å²) in [4.78, 5) is 13.6. The lowest BCUT2D eigenvalue weighted by atomic mass is 9.83. The lowest BCUT2D eigenvalue weighted by Gasteiger charge is -2.26. The van der Waals surface area contributed by atoms with E-state index >= 15 is 0 Å². The number of phenolic OH excluding ortho intramolecular Hbond substituents is 3. The Kier molecular flexibility index (Phi) is 9.19. The largest absolute Gasteiger partial charge is 0.504 e. The summed E-state index contributed by atoms with van der Waals surface area (Å²) in [5.41, 5.74) is 2.68. The number of fused-ring (bicyclic) bond motifs is 1. The van der Waals surface area contributed by atoms with Crippen molar-refractivity contribution in [1.29, 1.82) is 0 Å². The highest BCUT2D eigenvalue weighted by molar-refractivity contribution is 5.82. The number of ether oxygens (including phenoxy) is 3. The van der Waals surface area contributed by atoms with E-state index in [-0.39, 0.29) is 54.5 Å². The van der Waals surface area contributed by atoms with E-state index in [0.717, 1.165) is 5.56 Å². The molecule has 4 rings (SSSR count). The average molecular weight is 551 g/mol. The Morgan fingerprint density at radius 1 is 0.950 bits per heavy atom. The van der Waals surface area contributed by atoms with Crippen LogP contribution >= 0.6 is 0 Å². The van der Waals surface area contributed by atoms with Gasteiger partial charge < -0.3 is 39.7 Å². The topological polar surface area (TPSA) is 146 Å². The quantitative estimate of drug-likeness (QED) is 0.210. The van der Waals surface area contributed by atoms with Crippen LogP contribution < -0.4 is 14.2 Å². The third-order valence-electron chi connectivity index (χ3n) is 7.19. The van der Waals surface area contributed by atoms with Gasteiger partial charge in [-0.3, -0.25) is 4.79 Å². The molecule has 9 nitrogen and oxygen atoms in total. The lowest BCUT2D eigenvalue weighted by Crippen LogP contribution is -2.31. The third-order valence-corrected chi connectivity index (χ3v) is 7.19. The van der Waals surface area contributed by atoms with Gasteiger partial charge in [0.15, 0.2) is 23.0 Å². The summed E-state index contributed by atoms with van der Waals surface area (Å²) in [6.45, 7) is 0. The van der Waals surface area contributed by atoms with E-state index in [1.807, 2.05) is 6.07 Å². The molecule has 5 N–H and O–H groups in total. The monoisotopic (exact) mass is 550 g/mol. The molecule has 0 saturated heterocycles. The molecular formula is C31H34O9. The first kappa shape index (κ1) is 28.8. The Hall–Kier alpha value is -4.21. The van der Waals surface area contributed by atoms with Crippen LogP contribution in [0.1, 0.15) is 41.2 Å². The van der Waals surface area contributed by atoms with Gasteiger partial charge in [-0.05, 0) is 78.8 Å². The van der Waals surface area contributed by atoms with Gasteiger partial charge in [0, 0.05) is 17.9 Å². The normalized spacial score (nSPS) is 15.6. The van der Waals surface area contributed by atoms with Gasteiger partial charge in [0.1, 0.15) is 17.6 Å². The summed E-state index contributed by atoms with van der Waals surface area (Å²) in [5.74, 6) is -0.776. The van der Waals surface area contributed by atoms with E-state index in [4.69, 9.17) is 14.2 Å². The predicted octanol–water partition coefficient (Wildman–Crippen LogP) is 4.11. The summed E-state index contributed by atoms with van der Waals surface area (Å²) >= 11 is 0. The van der Waals surface area contributed by atoms with Gasteiger partial charge in [0.25, 0.3) is 0 Å². The highest BCUT2D eigenvalue weighted by Crippen LogP contribution is 2.38. The summed E-state index contributed by atoms with van der Waals surface area (Å²) in [6.07, 6.45) is 2.23. The Morgan fingerprint density at radius 3 is 2.45 bits per heavy atom. The number of aliphatic hydroxyl groups is 2. The first-order valence-corrected chi connectivity index (χ1v) is 13.0. The molecule has 3 aromatic rings. The Morgan fingerprint density at radius 2 is 1.70 bits per heavy atom. The fraction of sp³-hybridized carbons (Fsp3) is 0.323. The van der Waals surface area contributed by atoms with Crippen LogP contribution in [0.15, 0.2) is 60.9 Å². The number of phenols is 3. The first-order valence-electron chi connectivity index (χ1n) is 13.0. The molecule has 0 saturated carbocycles. The zero-order valence-electron chi connectivity index (χ0n) is 22.4. The third kappa shape index (κ3) is 6.50. The van der Waals surface area contributed by atoms with Gasteiger partial charge >= 0.3 is 0 Å². The first-order chi connectivity index (χ1) is 19.2. The van der Waals surface area contributed by atoms with Gasteiger partial charge in [0.2, 0.25) is 5.75 Å². The number of methoxy groups -OCH3 is 2. The zero-order valence-corrected chi connectivity index (χ0v) is 22.4. The molecule has 1 heterocycles. The zero-order chi connectivity index (χ0) is 28.8. The van der Waals surface area contributed by atoms with Crippen molar-refractivity contribution in [3.8, 4) is 34.5 Å². The molecule has 9 heteroatoms. The second kappa shape index (κ2) is 12.8. The molecule has 0 fully saturated rings. The predicted molar refractivity (Wildman–Crippen MR) is 147 cm³/mol. The highest BCUT2D eigenvalue weighted by Gasteiger charge is 2.30. The van der Waals surface area contributed by atoms with E-state index in [2.05, 4.69) is 0 Å². The van der Waals surface area contributed by atoms with Gasteiger partial charge in [-0.2, -0.15) is 0 Å². The van der Waals surface area contributed by atoms with Crippen LogP contribution in [0.2, 0.25) is 0 Å². The van der Waals surface area contributed by atoms with E-state index < -0.39 is 18.1 Å². The van der Waals surface area contributed by atoms with Crippen molar-refractivity contribution in [3.63, 3.8) is 0 Å². The SMILES string of the molecule is COc1cc(CCC(O)C(Cc2cccc3c2C(O)C=CO3)C(=O)CCc2cc(O)c(O)c(OC)c2)ccc1O. The summed E-state index contributed by atoms with van der Waals surface area (Å²) in [6, 6.07) is 13.2. The van der Waals surface area contributed by atoms with Crippen LogP contribution in [0.3, 0.4) is 0 Å². The van der Waals surface area contributed by atoms with Crippen LogP contribution in [0.4, 0.5) is 0 Å². The summed E-state index contributed by atoms with van der Waals surface area (Å²) in [7, 11) is 2.83. The van der Waals surface area contributed by atoms with E-state index in [9.17, 15) is 30.3 Å². The van der Waals surface area contributed by atoms with Gasteiger partial charge in [-0.1, -0.05) is 18.2 Å². The fourth-order valence-electron chi connectivity index (χ4n) is 4.99. The molecule has 0 radical (unpaired) electrons. The highest BCUT2D eigenvalue weighted by atomic mass is 16.5. The summed E-state index contributed by atoms with van der Waals surface area (Å²) < 4.78 is 15.8. The molecule has 0 spiro atoms. The molecule has 1 aliphatic heterocycles. The molecule has 0 aromatic heterocycles. The molecule has 3 aromatic carbocycles. The molecule has 40 heavy (non-hydrogen) atoms. The van der Waals surface area contributed by atoms with Gasteiger partial charge in [-0.25, -0.2) is 0 Å². The molecule has 212 valence electrons. The minimum atomic E-state index is -1.01. The maximum Gasteiger partial charge on any atom is 0.200 e. The van der Waals surface area contributed by atoms with Gasteiger partial charge in [-0.15, -0.1) is 0 Å². The number of aliphatic hydroxyl groups excluding tert-OH is 2. The number of ketones is 1. The molecular weight excluding hydrogens is 516 g/mol. The van der Waals surface area contributed by atoms with Crippen molar-refractivity contribution >= 4 is 5.78 Å². The number of carbonyl (C=O) groups is 1. The minimum absolute atomic E-state index is 0.0143. The number of hydrogen-bond acceptors (Lipinski definition) is 9. The van der Waals surface area contributed by atoms with E-state index in [0.29, 0.717) is 34.6 Å². The van der Waals surface area contributed by atoms with Crippen molar-refractivity contribution in [3.05, 3.63) is 83.1 Å². The fourth-order valence-corrected chi connectivity index (χ4v) is 4.99. The number of rotatable bonds is 12. The molecule has 0 bridgehead atoms. The molecule has 3 atom stereocenters. The van der Waals surface area contributed by atoms with E-state index in [1.165, 1.54) is 38.7 Å². The maximum atomic E-state index is 13.6. The number of carbonyl (C=O) groups excluding carboxylic acids is 1. The number of Topliss-reactive ketones (excluding diaryl/α,β-unsaturated/α-hetero) is 1. The molecule has 1 aliphatic rings. The second-order valence-corrected chi connectivity index (χ2v) is 9.78. The van der Waals surface area contributed by atoms with Crippen molar-refractivity contribution in [1.82, 2.24) is 0 Å². The van der Waals surface area contributed by atoms with Crippen molar-refractivity contribution in [2.24, 2.45) is 5.92 Å². The number of aryl methyl sites for hydroxylation is 2. The van der Waals surface area contributed by atoms with Crippen molar-refractivity contribution in [2.75, 3.05) is 14.2 Å². The average Bonchev–Trinajstić information content (AvgIpc) is 2.95. The van der Waals surface area contributed by atoms with Crippen LogP contribution in [0.5, 0.6) is 34.5 Å². The number of benzene rings is 3. The van der Waals surface area contributed by atoms with Crippen molar-refractivity contribution < 1.29 is 44.5 Å². The molecule has 0 aliphatic carbocycles. The number of hydrogen-bond donors (Lipinski definition) is 5. The van der Waals surface area contributed by atoms with E-state index in [1.54, 1.807) is 30.3 Å². The molecule has 0 amide bonds. The van der Waals surface area contributed by atoms with Crippen LogP contribution in [-0.2, 0) is 24.1 Å². The standard InChI is InChI=1S/C31H34O9/c1-38-28-15-18(7-11-24(28)34)6-9-22(32)21(17-20-4-3-5-27-30(20)25(35)12-13-40-27)23(33)10-8-19-14-26(36)31(37)29(16-19)39-2/h3-5,7,11-16,21-22,25,32,34-37H,6,8-10,17H2,1-2H3.